The van der Waals surface area contributed by atoms with Gasteiger partial charge in [-0.1, -0.05) is 27.7 Å². The predicted octanol–water partition coefficient (Wildman–Crippen LogP) is 4.94. The summed E-state index contributed by atoms with van der Waals surface area (Å²) in [6, 6.07) is 0. The van der Waals surface area contributed by atoms with Crippen LogP contribution in [0.25, 0.3) is 0 Å². The second kappa shape index (κ2) is 8.00. The Morgan fingerprint density at radius 1 is 0.957 bits per heavy atom. The van der Waals surface area contributed by atoms with Gasteiger partial charge < -0.3 is 10.1 Å². The van der Waals surface area contributed by atoms with Crippen molar-refractivity contribution < 1.29 is 9.53 Å². The van der Waals surface area contributed by atoms with Crippen LogP contribution in [0.4, 0.5) is 0 Å². The quantitative estimate of drug-likeness (QED) is 0.641. The monoisotopic (exact) mass is 325 g/mol. The molecule has 1 N–H and O–H groups in total. The number of cyclic esters (lactones) is 1. The zero-order chi connectivity index (χ0) is 17.7. The maximum Gasteiger partial charge on any atom is 0.311 e. The summed E-state index contributed by atoms with van der Waals surface area (Å²) in [4.78, 5) is 12.6. The molecule has 1 aliphatic rings. The van der Waals surface area contributed by atoms with Gasteiger partial charge in [-0.25, -0.2) is 0 Å². The molecule has 0 bridgehead atoms. The summed E-state index contributed by atoms with van der Waals surface area (Å²) in [5.41, 5.74) is 0.00771. The van der Waals surface area contributed by atoms with Gasteiger partial charge in [-0.2, -0.15) is 0 Å². The number of carbonyl (C=O) groups is 1. The van der Waals surface area contributed by atoms with Gasteiger partial charge in [-0.05, 0) is 83.2 Å². The molecule has 0 aromatic heterocycles. The fourth-order valence-corrected chi connectivity index (χ4v) is 4.45. The van der Waals surface area contributed by atoms with Gasteiger partial charge in [-0.3, -0.25) is 4.79 Å². The zero-order valence-corrected chi connectivity index (χ0v) is 16.6. The third kappa shape index (κ3) is 7.69. The molecule has 3 heteroatoms. The summed E-state index contributed by atoms with van der Waals surface area (Å²) in [5.74, 6) is -0.0429. The Bertz CT molecular complexity index is 385. The third-order valence-electron chi connectivity index (χ3n) is 4.91. The Hall–Kier alpha value is -0.570. The first kappa shape index (κ1) is 20.5. The van der Waals surface area contributed by atoms with Crippen LogP contribution in [-0.2, 0) is 9.53 Å². The minimum absolute atomic E-state index is 0.00764. The first-order valence-electron chi connectivity index (χ1n) is 9.35. The molecule has 23 heavy (non-hydrogen) atoms. The van der Waals surface area contributed by atoms with Gasteiger partial charge in [0.25, 0.3) is 0 Å². The van der Waals surface area contributed by atoms with Crippen molar-refractivity contribution >= 4 is 5.97 Å². The maximum atomic E-state index is 12.6. The number of rotatable bonds is 0. The van der Waals surface area contributed by atoms with Gasteiger partial charge in [0, 0.05) is 0 Å². The van der Waals surface area contributed by atoms with Crippen molar-refractivity contribution in [2.45, 2.75) is 93.1 Å². The van der Waals surface area contributed by atoms with Gasteiger partial charge in [0.2, 0.25) is 0 Å². The smallest absolute Gasteiger partial charge is 0.311 e. The number of nitrogens with one attached hydrogen (secondary N) is 1. The van der Waals surface area contributed by atoms with E-state index < -0.39 is 5.41 Å². The standard InChI is InChI=1S/C20H39NO2/c1-16-10-8-12-21-13-9-11-18(2,3)14-19(4,5)15-20(6,7)17(22)23-16/h16,21H,8-15H2,1-7H3. The summed E-state index contributed by atoms with van der Waals surface area (Å²) in [5, 5.41) is 3.52. The van der Waals surface area contributed by atoms with E-state index in [0.717, 1.165) is 38.8 Å². The molecule has 1 fully saturated rings. The molecular formula is C20H39NO2. The van der Waals surface area contributed by atoms with Crippen LogP contribution in [0.2, 0.25) is 0 Å². The van der Waals surface area contributed by atoms with Crippen LogP contribution >= 0.6 is 0 Å². The Kier molecular flexibility index (Phi) is 7.12. The molecular weight excluding hydrogens is 286 g/mol. The molecule has 1 unspecified atom stereocenters. The minimum atomic E-state index is -0.424. The van der Waals surface area contributed by atoms with Gasteiger partial charge in [-0.15, -0.1) is 0 Å². The number of hydrogen-bond donors (Lipinski definition) is 1. The normalized spacial score (nSPS) is 29.9. The Morgan fingerprint density at radius 2 is 1.57 bits per heavy atom. The molecule has 136 valence electrons. The topological polar surface area (TPSA) is 38.3 Å². The maximum absolute atomic E-state index is 12.6. The van der Waals surface area contributed by atoms with Crippen molar-refractivity contribution in [2.24, 2.45) is 16.2 Å². The van der Waals surface area contributed by atoms with E-state index in [-0.39, 0.29) is 17.5 Å². The molecule has 0 aliphatic carbocycles. The van der Waals surface area contributed by atoms with Crippen LogP contribution in [0.5, 0.6) is 0 Å². The largest absolute Gasteiger partial charge is 0.462 e. The summed E-state index contributed by atoms with van der Waals surface area (Å²) < 4.78 is 5.72. The van der Waals surface area contributed by atoms with E-state index in [1.54, 1.807) is 0 Å². The lowest BCUT2D eigenvalue weighted by Crippen LogP contribution is -2.36. The van der Waals surface area contributed by atoms with Gasteiger partial charge >= 0.3 is 5.97 Å². The summed E-state index contributed by atoms with van der Waals surface area (Å²) in [6.07, 6.45) is 6.45. The molecule has 0 aromatic carbocycles. The van der Waals surface area contributed by atoms with E-state index in [1.807, 2.05) is 20.8 Å². The van der Waals surface area contributed by atoms with E-state index in [4.69, 9.17) is 4.74 Å². The summed E-state index contributed by atoms with van der Waals surface area (Å²) >= 11 is 0. The fraction of sp³-hybridized carbons (Fsp3) is 0.950. The number of ether oxygens (including phenoxy) is 1. The average molecular weight is 326 g/mol. The molecule has 1 aliphatic heterocycles. The summed E-state index contributed by atoms with van der Waals surface area (Å²) in [6.45, 7) is 17.5. The van der Waals surface area contributed by atoms with Crippen molar-refractivity contribution in [3.05, 3.63) is 0 Å². The van der Waals surface area contributed by atoms with E-state index >= 15 is 0 Å². The molecule has 0 spiro atoms. The minimum Gasteiger partial charge on any atom is -0.462 e. The lowest BCUT2D eigenvalue weighted by molar-refractivity contribution is -0.161. The average Bonchev–Trinajstić information content (AvgIpc) is 2.33. The molecule has 0 saturated carbocycles. The fourth-order valence-electron chi connectivity index (χ4n) is 4.45. The van der Waals surface area contributed by atoms with Crippen LogP contribution in [0.3, 0.4) is 0 Å². The molecule has 1 saturated heterocycles. The molecule has 0 amide bonds. The highest BCUT2D eigenvalue weighted by molar-refractivity contribution is 5.76. The highest BCUT2D eigenvalue weighted by Gasteiger charge is 2.39. The predicted molar refractivity (Wildman–Crippen MR) is 97.5 cm³/mol. The highest BCUT2D eigenvalue weighted by Crippen LogP contribution is 2.44. The van der Waals surface area contributed by atoms with E-state index in [0.29, 0.717) is 5.41 Å². The molecule has 1 atom stereocenters. The van der Waals surface area contributed by atoms with Crippen molar-refractivity contribution in [3.63, 3.8) is 0 Å². The lowest BCUT2D eigenvalue weighted by Gasteiger charge is -2.39. The van der Waals surface area contributed by atoms with Gasteiger partial charge in [0.05, 0.1) is 11.5 Å². The molecule has 0 aromatic rings. The van der Waals surface area contributed by atoms with E-state index in [9.17, 15) is 4.79 Å². The van der Waals surface area contributed by atoms with E-state index in [2.05, 4.69) is 33.0 Å². The van der Waals surface area contributed by atoms with Crippen LogP contribution in [0.1, 0.15) is 87.0 Å². The molecule has 1 heterocycles. The second-order valence-electron chi connectivity index (χ2n) is 9.78. The molecule has 1 rings (SSSR count). The Morgan fingerprint density at radius 3 is 2.22 bits per heavy atom. The van der Waals surface area contributed by atoms with Gasteiger partial charge in [0.15, 0.2) is 0 Å². The molecule has 0 radical (unpaired) electrons. The van der Waals surface area contributed by atoms with Crippen LogP contribution in [-0.4, -0.2) is 25.2 Å². The highest BCUT2D eigenvalue weighted by atomic mass is 16.5. The van der Waals surface area contributed by atoms with Crippen LogP contribution in [0, 0.1) is 16.2 Å². The Balaban J connectivity index is 2.86. The lowest BCUT2D eigenvalue weighted by atomic mass is 9.66. The van der Waals surface area contributed by atoms with E-state index in [1.165, 1.54) is 12.8 Å². The first-order chi connectivity index (χ1) is 10.4. The van der Waals surface area contributed by atoms with Crippen molar-refractivity contribution in [3.8, 4) is 0 Å². The van der Waals surface area contributed by atoms with Crippen LogP contribution in [0.15, 0.2) is 0 Å². The number of esters is 1. The van der Waals surface area contributed by atoms with Crippen LogP contribution < -0.4 is 5.32 Å². The van der Waals surface area contributed by atoms with Crippen molar-refractivity contribution in [1.29, 1.82) is 0 Å². The zero-order valence-electron chi connectivity index (χ0n) is 16.6. The van der Waals surface area contributed by atoms with Crippen molar-refractivity contribution in [1.82, 2.24) is 5.32 Å². The third-order valence-corrected chi connectivity index (χ3v) is 4.91. The second-order valence-corrected chi connectivity index (χ2v) is 9.78. The number of hydrogen-bond acceptors (Lipinski definition) is 3. The first-order valence-corrected chi connectivity index (χ1v) is 9.35. The van der Waals surface area contributed by atoms with Gasteiger partial charge in [0.1, 0.15) is 0 Å². The summed E-state index contributed by atoms with van der Waals surface area (Å²) in [7, 11) is 0. The molecule has 3 nitrogen and oxygen atoms in total. The Labute approximate surface area is 143 Å². The SMILES string of the molecule is CC1CCCNCCCC(C)(C)CC(C)(C)CC(C)(C)C(=O)O1. The van der Waals surface area contributed by atoms with Crippen molar-refractivity contribution in [2.75, 3.05) is 13.1 Å². The number of carbonyl (C=O) groups excluding carboxylic acids is 1.